The van der Waals surface area contributed by atoms with Gasteiger partial charge in [0.15, 0.2) is 0 Å². The Bertz CT molecular complexity index is 1200. The van der Waals surface area contributed by atoms with Crippen LogP contribution >= 0.6 is 0 Å². The summed E-state index contributed by atoms with van der Waals surface area (Å²) in [5.41, 5.74) is 1.90. The zero-order valence-electron chi connectivity index (χ0n) is 25.9. The SMILES string of the molecule is CN[C@@H](C)C(=O)N[C@H]1CN(C(=O)CCCC(C)C)CC[C@H]2CC[C@@H](C(=O)NC(c3ccccc3)c3ccccc3)N2C1=O. The van der Waals surface area contributed by atoms with Crippen LogP contribution in [0.1, 0.15) is 76.5 Å². The first-order chi connectivity index (χ1) is 20.7. The summed E-state index contributed by atoms with van der Waals surface area (Å²) in [5.74, 6) is -0.336. The van der Waals surface area contributed by atoms with Crippen LogP contribution < -0.4 is 16.0 Å². The number of nitrogens with zero attached hydrogens (tertiary/aromatic N) is 2. The first-order valence-electron chi connectivity index (χ1n) is 15.7. The van der Waals surface area contributed by atoms with E-state index < -0.39 is 18.1 Å². The van der Waals surface area contributed by atoms with Crippen LogP contribution in [-0.2, 0) is 19.2 Å². The number of benzene rings is 2. The average molecular weight is 590 g/mol. The summed E-state index contributed by atoms with van der Waals surface area (Å²) < 4.78 is 0. The molecule has 0 spiro atoms. The Morgan fingerprint density at radius 3 is 2.12 bits per heavy atom. The maximum absolute atomic E-state index is 14.2. The van der Waals surface area contributed by atoms with Crippen LogP contribution in [0.3, 0.4) is 0 Å². The minimum atomic E-state index is -0.937. The summed E-state index contributed by atoms with van der Waals surface area (Å²) in [6.07, 6.45) is 3.94. The number of hydrogen-bond acceptors (Lipinski definition) is 5. The lowest BCUT2D eigenvalue weighted by Crippen LogP contribution is -2.62. The van der Waals surface area contributed by atoms with Gasteiger partial charge in [-0.2, -0.15) is 0 Å². The first-order valence-corrected chi connectivity index (χ1v) is 15.7. The van der Waals surface area contributed by atoms with Gasteiger partial charge >= 0.3 is 0 Å². The van der Waals surface area contributed by atoms with Gasteiger partial charge in [0.25, 0.3) is 0 Å². The molecule has 4 amide bonds. The van der Waals surface area contributed by atoms with Gasteiger partial charge in [-0.1, -0.05) is 80.9 Å². The maximum atomic E-state index is 14.2. The van der Waals surface area contributed by atoms with Gasteiger partial charge in [-0.15, -0.1) is 0 Å². The van der Waals surface area contributed by atoms with Crippen molar-refractivity contribution in [2.24, 2.45) is 5.92 Å². The molecule has 0 aromatic heterocycles. The van der Waals surface area contributed by atoms with Crippen LogP contribution in [0.2, 0.25) is 0 Å². The molecule has 2 heterocycles. The van der Waals surface area contributed by atoms with Gasteiger partial charge in [0, 0.05) is 25.6 Å². The van der Waals surface area contributed by atoms with Crippen molar-refractivity contribution < 1.29 is 19.2 Å². The lowest BCUT2D eigenvalue weighted by atomic mass is 9.98. The minimum Gasteiger partial charge on any atom is -0.343 e. The Morgan fingerprint density at radius 1 is 0.907 bits per heavy atom. The van der Waals surface area contributed by atoms with E-state index in [1.807, 2.05) is 60.7 Å². The minimum absolute atomic E-state index is 0.00340. The van der Waals surface area contributed by atoms with Crippen molar-refractivity contribution in [1.82, 2.24) is 25.8 Å². The molecule has 232 valence electrons. The molecule has 2 aromatic carbocycles. The standard InChI is InChI=1S/C34H47N5O4/c1-23(2)12-11-17-30(40)38-21-20-27-18-19-29(39(27)34(43)28(22-38)36-32(41)24(3)35-4)33(42)37-31(25-13-7-5-8-14-25)26-15-9-6-10-16-26/h5-10,13-16,23-24,27-29,31,35H,11-12,17-22H2,1-4H3,(H,36,41)(H,37,42)/t24-,27+,28-,29-/m0/s1. The van der Waals surface area contributed by atoms with Crippen LogP contribution in [0, 0.1) is 5.92 Å². The summed E-state index contributed by atoms with van der Waals surface area (Å²) in [6.45, 7) is 6.57. The Morgan fingerprint density at radius 2 is 1.53 bits per heavy atom. The summed E-state index contributed by atoms with van der Waals surface area (Å²) in [5, 5.41) is 9.04. The quantitative estimate of drug-likeness (QED) is 0.372. The van der Waals surface area contributed by atoms with Gasteiger partial charge < -0.3 is 25.8 Å². The third-order valence-corrected chi connectivity index (χ3v) is 8.71. The third-order valence-electron chi connectivity index (χ3n) is 8.71. The molecule has 2 aliphatic rings. The van der Waals surface area contributed by atoms with Gasteiger partial charge in [0.2, 0.25) is 23.6 Å². The summed E-state index contributed by atoms with van der Waals surface area (Å²) in [6, 6.07) is 16.9. The van der Waals surface area contributed by atoms with E-state index in [2.05, 4.69) is 29.8 Å². The van der Waals surface area contributed by atoms with E-state index in [1.165, 1.54) is 0 Å². The number of hydrogen-bond donors (Lipinski definition) is 3. The molecule has 2 fully saturated rings. The van der Waals surface area contributed by atoms with E-state index in [0.29, 0.717) is 38.1 Å². The molecule has 0 aliphatic carbocycles. The van der Waals surface area contributed by atoms with Crippen LogP contribution in [0.4, 0.5) is 0 Å². The Labute approximate surface area is 255 Å². The Kier molecular flexibility index (Phi) is 11.3. The second-order valence-corrected chi connectivity index (χ2v) is 12.2. The monoisotopic (exact) mass is 589 g/mol. The molecule has 0 radical (unpaired) electrons. The van der Waals surface area contributed by atoms with Crippen molar-refractivity contribution in [3.05, 3.63) is 71.8 Å². The first kappa shape index (κ1) is 32.2. The van der Waals surface area contributed by atoms with E-state index in [9.17, 15) is 19.2 Å². The van der Waals surface area contributed by atoms with Gasteiger partial charge in [-0.05, 0) is 56.7 Å². The zero-order chi connectivity index (χ0) is 30.9. The van der Waals surface area contributed by atoms with Crippen molar-refractivity contribution in [2.45, 2.75) is 89.5 Å². The third kappa shape index (κ3) is 8.22. The fourth-order valence-electron chi connectivity index (χ4n) is 6.10. The summed E-state index contributed by atoms with van der Waals surface area (Å²) >= 11 is 0. The predicted molar refractivity (Wildman–Crippen MR) is 167 cm³/mol. The van der Waals surface area contributed by atoms with Crippen molar-refractivity contribution in [2.75, 3.05) is 20.1 Å². The number of carbonyl (C=O) groups excluding carboxylic acids is 4. The van der Waals surface area contributed by atoms with Crippen LogP contribution in [0.25, 0.3) is 0 Å². The van der Waals surface area contributed by atoms with Gasteiger partial charge in [0.1, 0.15) is 12.1 Å². The number of nitrogens with one attached hydrogen (secondary N) is 3. The highest BCUT2D eigenvalue weighted by Crippen LogP contribution is 2.31. The van der Waals surface area contributed by atoms with Crippen LogP contribution in [0.15, 0.2) is 60.7 Å². The lowest BCUT2D eigenvalue weighted by molar-refractivity contribution is -0.147. The molecule has 2 aromatic rings. The molecule has 0 bridgehead atoms. The zero-order valence-corrected chi connectivity index (χ0v) is 25.9. The molecule has 4 rings (SSSR count). The van der Waals surface area contributed by atoms with Gasteiger partial charge in [-0.25, -0.2) is 0 Å². The maximum Gasteiger partial charge on any atom is 0.247 e. The fourth-order valence-corrected chi connectivity index (χ4v) is 6.10. The summed E-state index contributed by atoms with van der Waals surface area (Å²) in [4.78, 5) is 57.8. The number of amides is 4. The largest absolute Gasteiger partial charge is 0.343 e. The molecule has 2 saturated heterocycles. The molecule has 0 saturated carbocycles. The fraction of sp³-hybridized carbons (Fsp3) is 0.529. The van der Waals surface area contributed by atoms with Crippen LogP contribution in [0.5, 0.6) is 0 Å². The topological polar surface area (TPSA) is 111 Å². The molecular formula is C34H47N5O4. The molecule has 4 atom stereocenters. The molecule has 0 unspecified atom stereocenters. The van der Waals surface area contributed by atoms with Crippen molar-refractivity contribution in [3.8, 4) is 0 Å². The Hall–Kier alpha value is -3.72. The van der Waals surface area contributed by atoms with Crippen molar-refractivity contribution >= 4 is 23.6 Å². The number of carbonyl (C=O) groups is 4. The van der Waals surface area contributed by atoms with E-state index in [-0.39, 0.29) is 42.3 Å². The molecule has 3 N–H and O–H groups in total. The van der Waals surface area contributed by atoms with Crippen molar-refractivity contribution in [1.29, 1.82) is 0 Å². The number of likely N-dealkylation sites (N-methyl/N-ethyl adjacent to an activating group) is 1. The molecular weight excluding hydrogens is 542 g/mol. The van der Waals surface area contributed by atoms with Crippen LogP contribution in [-0.4, -0.2) is 77.7 Å². The smallest absolute Gasteiger partial charge is 0.247 e. The van der Waals surface area contributed by atoms with E-state index >= 15 is 0 Å². The van der Waals surface area contributed by atoms with Gasteiger partial charge in [-0.3, -0.25) is 19.2 Å². The van der Waals surface area contributed by atoms with E-state index in [0.717, 1.165) is 24.0 Å². The molecule has 9 nitrogen and oxygen atoms in total. The van der Waals surface area contributed by atoms with Crippen molar-refractivity contribution in [3.63, 3.8) is 0 Å². The molecule has 9 heteroatoms. The van der Waals surface area contributed by atoms with E-state index in [1.54, 1.807) is 23.8 Å². The molecule has 2 aliphatic heterocycles. The number of fused-ring (bicyclic) bond motifs is 1. The highest BCUT2D eigenvalue weighted by molar-refractivity contribution is 5.94. The Balaban J connectivity index is 1.56. The van der Waals surface area contributed by atoms with E-state index in [4.69, 9.17) is 0 Å². The second-order valence-electron chi connectivity index (χ2n) is 12.2. The summed E-state index contributed by atoms with van der Waals surface area (Å²) in [7, 11) is 1.68. The highest BCUT2D eigenvalue weighted by atomic mass is 16.2. The predicted octanol–water partition coefficient (Wildman–Crippen LogP) is 3.40. The number of rotatable bonds is 11. The molecule has 43 heavy (non-hydrogen) atoms. The average Bonchev–Trinajstić information content (AvgIpc) is 3.43. The normalized spacial score (nSPS) is 21.3. The highest BCUT2D eigenvalue weighted by Gasteiger charge is 2.45. The lowest BCUT2D eigenvalue weighted by Gasteiger charge is -2.39. The second kappa shape index (κ2) is 15.1. The van der Waals surface area contributed by atoms with Gasteiger partial charge in [0.05, 0.1) is 12.1 Å².